The highest BCUT2D eigenvalue weighted by Crippen LogP contribution is 2.36. The number of hydrogen-bond donors (Lipinski definition) is 0. The van der Waals surface area contributed by atoms with Gasteiger partial charge in [-0.2, -0.15) is 22.0 Å². The molecular weight excluding hydrogens is 386 g/mol. The van der Waals surface area contributed by atoms with E-state index < -0.39 is 35.0 Å². The van der Waals surface area contributed by atoms with E-state index in [-0.39, 0.29) is 11.4 Å². The number of hydrogen-bond acceptors (Lipinski definition) is 4. The van der Waals surface area contributed by atoms with Crippen LogP contribution in [-0.2, 0) is 10.8 Å². The van der Waals surface area contributed by atoms with Crippen LogP contribution in [0, 0.1) is 0 Å². The average Bonchev–Trinajstić information content (AvgIpc) is 2.60. The zero-order valence-corrected chi connectivity index (χ0v) is 14.0. The summed E-state index contributed by atoms with van der Waals surface area (Å²) >= 11 is 0. The minimum Gasteiger partial charge on any atom is -0.428 e. The van der Waals surface area contributed by atoms with Gasteiger partial charge in [0, 0.05) is 11.9 Å². The number of ether oxygens (including phenoxy) is 1. The first-order valence-electron chi connectivity index (χ1n) is 7.13. The summed E-state index contributed by atoms with van der Waals surface area (Å²) in [4.78, 5) is 8.17. The molecule has 0 aliphatic heterocycles. The molecule has 4 nitrogen and oxygen atoms in total. The van der Waals surface area contributed by atoms with Gasteiger partial charge in [-0.3, -0.25) is 14.2 Å². The zero-order valence-electron chi connectivity index (χ0n) is 13.1. The third kappa shape index (κ3) is 4.51. The van der Waals surface area contributed by atoms with E-state index in [1.165, 1.54) is 6.20 Å². The van der Waals surface area contributed by atoms with Gasteiger partial charge in [0.1, 0.15) is 11.4 Å². The van der Waals surface area contributed by atoms with Crippen LogP contribution < -0.4 is 4.74 Å². The minimum atomic E-state index is -5.77. The quantitative estimate of drug-likeness (QED) is 0.687. The van der Waals surface area contributed by atoms with Crippen molar-refractivity contribution < 1.29 is 35.3 Å². The lowest BCUT2D eigenvalue weighted by molar-refractivity contribution is -0.305. The van der Waals surface area contributed by atoms with Crippen molar-refractivity contribution in [3.8, 4) is 17.1 Å². The van der Waals surface area contributed by atoms with E-state index in [9.17, 15) is 30.6 Å². The van der Waals surface area contributed by atoms with Crippen LogP contribution >= 0.6 is 0 Å². The summed E-state index contributed by atoms with van der Waals surface area (Å²) in [6.45, 7) is 1.69. The predicted molar refractivity (Wildman–Crippen MR) is 80.9 cm³/mol. The lowest BCUT2D eigenvalue weighted by Crippen LogP contribution is -2.45. The van der Waals surface area contributed by atoms with Crippen molar-refractivity contribution in [2.75, 3.05) is 5.75 Å². The van der Waals surface area contributed by atoms with Crippen LogP contribution in [0.3, 0.4) is 0 Å². The molecule has 0 N–H and O–H groups in total. The van der Waals surface area contributed by atoms with E-state index in [1.54, 1.807) is 19.1 Å². The molecule has 0 fully saturated rings. The van der Waals surface area contributed by atoms with Crippen molar-refractivity contribution in [3.63, 3.8) is 0 Å². The summed E-state index contributed by atoms with van der Waals surface area (Å²) in [5.41, 5.74) is 0.371. The minimum absolute atomic E-state index is 0.144. The number of aromatic nitrogens is 2. The van der Waals surface area contributed by atoms with Gasteiger partial charge in [-0.25, -0.2) is 4.39 Å². The fourth-order valence-corrected chi connectivity index (χ4v) is 2.82. The van der Waals surface area contributed by atoms with E-state index in [0.29, 0.717) is 16.8 Å². The molecule has 0 aromatic carbocycles. The molecule has 0 saturated heterocycles. The number of pyridine rings is 2. The third-order valence-electron chi connectivity index (χ3n) is 3.09. The number of alkyl halides is 6. The Morgan fingerprint density at radius 1 is 1.15 bits per heavy atom. The maximum Gasteiger partial charge on any atom is 0.439 e. The molecule has 0 aliphatic rings. The SMILES string of the molecule is CCS(=O)c1cccnc1-c1ccc(OC(F)(F)C(F)C(F)(F)F)cn1. The van der Waals surface area contributed by atoms with Gasteiger partial charge in [-0.15, -0.1) is 0 Å². The van der Waals surface area contributed by atoms with Crippen LogP contribution in [0.25, 0.3) is 11.4 Å². The lowest BCUT2D eigenvalue weighted by atomic mass is 10.2. The molecule has 0 bridgehead atoms. The van der Waals surface area contributed by atoms with Gasteiger partial charge in [0.2, 0.25) is 0 Å². The largest absolute Gasteiger partial charge is 0.439 e. The second-order valence-electron chi connectivity index (χ2n) is 4.93. The maximum atomic E-state index is 13.2. The summed E-state index contributed by atoms with van der Waals surface area (Å²) in [5.74, 6) is -0.457. The molecular formula is C15H12F6N2O2S. The summed E-state index contributed by atoms with van der Waals surface area (Å²) in [7, 11) is -1.37. The Balaban J connectivity index is 2.26. The Morgan fingerprint density at radius 3 is 2.38 bits per heavy atom. The Bertz CT molecular complexity index is 782. The Labute approximate surface area is 146 Å². The van der Waals surface area contributed by atoms with E-state index >= 15 is 0 Å². The third-order valence-corrected chi connectivity index (χ3v) is 4.44. The van der Waals surface area contributed by atoms with Crippen molar-refractivity contribution in [2.24, 2.45) is 0 Å². The monoisotopic (exact) mass is 398 g/mol. The molecule has 26 heavy (non-hydrogen) atoms. The molecule has 2 aromatic rings. The van der Waals surface area contributed by atoms with Crippen LogP contribution in [0.15, 0.2) is 41.6 Å². The molecule has 0 saturated carbocycles. The van der Waals surface area contributed by atoms with Gasteiger partial charge < -0.3 is 4.74 Å². The van der Waals surface area contributed by atoms with Gasteiger partial charge in [-0.1, -0.05) is 6.92 Å². The molecule has 2 aromatic heterocycles. The molecule has 0 spiro atoms. The van der Waals surface area contributed by atoms with Gasteiger partial charge in [-0.05, 0) is 24.3 Å². The van der Waals surface area contributed by atoms with Crippen LogP contribution in [-0.4, -0.2) is 38.4 Å². The van der Waals surface area contributed by atoms with Crippen molar-refractivity contribution in [1.82, 2.24) is 9.97 Å². The second-order valence-corrected chi connectivity index (χ2v) is 6.64. The van der Waals surface area contributed by atoms with E-state index in [0.717, 1.165) is 12.1 Å². The Hall–Kier alpha value is -2.17. The Morgan fingerprint density at radius 2 is 1.85 bits per heavy atom. The van der Waals surface area contributed by atoms with E-state index in [1.807, 2.05) is 0 Å². The van der Waals surface area contributed by atoms with Gasteiger partial charge in [0.05, 0.1) is 27.6 Å². The number of nitrogens with zero attached hydrogens (tertiary/aromatic N) is 2. The lowest BCUT2D eigenvalue weighted by Gasteiger charge is -2.22. The van der Waals surface area contributed by atoms with Gasteiger partial charge in [0.25, 0.3) is 6.17 Å². The van der Waals surface area contributed by atoms with Crippen molar-refractivity contribution in [2.45, 2.75) is 30.3 Å². The zero-order chi connectivity index (χ0) is 19.5. The van der Waals surface area contributed by atoms with E-state index in [4.69, 9.17) is 0 Å². The van der Waals surface area contributed by atoms with Crippen molar-refractivity contribution in [1.29, 1.82) is 0 Å². The summed E-state index contributed by atoms with van der Waals surface area (Å²) in [6, 6.07) is 5.15. The fourth-order valence-electron chi connectivity index (χ4n) is 1.90. The molecule has 142 valence electrons. The Kier molecular flexibility index (Phi) is 5.89. The number of rotatable bonds is 6. The van der Waals surface area contributed by atoms with Crippen LogP contribution in [0.1, 0.15) is 6.92 Å². The molecule has 2 rings (SSSR count). The topological polar surface area (TPSA) is 52.1 Å². The highest BCUT2D eigenvalue weighted by atomic mass is 32.2. The predicted octanol–water partition coefficient (Wildman–Crippen LogP) is 4.14. The maximum absolute atomic E-state index is 13.2. The molecule has 2 atom stereocenters. The first kappa shape index (κ1) is 20.1. The fraction of sp³-hybridized carbons (Fsp3) is 0.333. The average molecular weight is 398 g/mol. The number of halogens is 6. The molecule has 0 aliphatic carbocycles. The summed E-state index contributed by atoms with van der Waals surface area (Å²) < 4.78 is 91.4. The van der Waals surface area contributed by atoms with Gasteiger partial charge in [0.15, 0.2) is 0 Å². The molecule has 0 amide bonds. The highest BCUT2D eigenvalue weighted by molar-refractivity contribution is 7.85. The second kappa shape index (κ2) is 7.60. The van der Waals surface area contributed by atoms with Crippen molar-refractivity contribution >= 4 is 10.8 Å². The van der Waals surface area contributed by atoms with Gasteiger partial charge >= 0.3 is 12.3 Å². The van der Waals surface area contributed by atoms with Crippen LogP contribution in [0.4, 0.5) is 26.3 Å². The smallest absolute Gasteiger partial charge is 0.428 e. The van der Waals surface area contributed by atoms with E-state index in [2.05, 4.69) is 14.7 Å². The first-order valence-corrected chi connectivity index (χ1v) is 8.45. The first-order chi connectivity index (χ1) is 12.1. The molecule has 2 unspecified atom stereocenters. The molecule has 11 heteroatoms. The summed E-state index contributed by atoms with van der Waals surface area (Å²) in [5, 5.41) is 0. The van der Waals surface area contributed by atoms with Crippen LogP contribution in [0.5, 0.6) is 5.75 Å². The normalized spacial score (nSPS) is 14.7. The van der Waals surface area contributed by atoms with Crippen LogP contribution in [0.2, 0.25) is 0 Å². The highest BCUT2D eigenvalue weighted by Gasteiger charge is 2.59. The van der Waals surface area contributed by atoms with Crippen molar-refractivity contribution in [3.05, 3.63) is 36.7 Å². The molecule has 2 heterocycles. The standard InChI is InChI=1S/C15H12F6N2O2S/c1-2-26(24)11-4-3-7-22-12(11)10-6-5-9(8-23-10)25-15(20,21)13(16)14(17,18)19/h3-8,13H,2H2,1H3. The summed E-state index contributed by atoms with van der Waals surface area (Å²) in [6.07, 6.45) is -13.3. The molecule has 0 radical (unpaired) electrons.